The maximum Gasteiger partial charge on any atom is 0.240 e. The van der Waals surface area contributed by atoms with Crippen molar-refractivity contribution >= 4 is 27.5 Å². The third kappa shape index (κ3) is 5.58. The van der Waals surface area contributed by atoms with Gasteiger partial charge in [-0.25, -0.2) is 13.1 Å². The lowest BCUT2D eigenvalue weighted by Gasteiger charge is -2.28. The summed E-state index contributed by atoms with van der Waals surface area (Å²) >= 11 is 0. The minimum Gasteiger partial charge on any atom is -0.376 e. The molecule has 0 aromatic heterocycles. The molecule has 4 rings (SSSR count). The summed E-state index contributed by atoms with van der Waals surface area (Å²) in [6.45, 7) is 5.23. The van der Waals surface area contributed by atoms with E-state index in [-0.39, 0.29) is 40.7 Å². The van der Waals surface area contributed by atoms with E-state index < -0.39 is 10.0 Å². The minimum atomic E-state index is -3.63. The molecule has 2 amide bonds. The number of hydrogen-bond acceptors (Lipinski definition) is 5. The minimum absolute atomic E-state index is 0.00202. The molecule has 0 bridgehead atoms. The Balaban J connectivity index is 1.26. The van der Waals surface area contributed by atoms with E-state index in [9.17, 15) is 18.0 Å². The van der Waals surface area contributed by atoms with Crippen LogP contribution in [0, 0.1) is 11.8 Å². The topological polar surface area (TPSA) is 105 Å². The van der Waals surface area contributed by atoms with Gasteiger partial charge in [0.25, 0.3) is 0 Å². The maximum atomic E-state index is 12.9. The molecule has 2 atom stereocenters. The number of amides is 2. The highest BCUT2D eigenvalue weighted by atomic mass is 32.2. The second kappa shape index (κ2) is 10.1. The smallest absolute Gasteiger partial charge is 0.240 e. The molecule has 3 aliphatic rings. The summed E-state index contributed by atoms with van der Waals surface area (Å²) in [7, 11) is -3.63. The summed E-state index contributed by atoms with van der Waals surface area (Å²) in [5.41, 5.74) is 1.68. The fraction of sp³-hybridized carbons (Fsp3) is 0.667. The van der Waals surface area contributed by atoms with Crippen molar-refractivity contribution < 1.29 is 22.7 Å². The van der Waals surface area contributed by atoms with Gasteiger partial charge in [0.05, 0.1) is 11.0 Å². The largest absolute Gasteiger partial charge is 0.376 e. The van der Waals surface area contributed by atoms with E-state index in [0.29, 0.717) is 19.5 Å². The first-order valence-electron chi connectivity index (χ1n) is 12.1. The van der Waals surface area contributed by atoms with E-state index in [1.54, 1.807) is 23.1 Å². The molecule has 1 aromatic carbocycles. The highest BCUT2D eigenvalue weighted by Gasteiger charge is 2.31. The molecule has 1 aliphatic carbocycles. The maximum absolute atomic E-state index is 12.9. The standard InChI is InChI=1S/C24H35N3O5S/c1-16-12-20-13-22(9-10-23(20)27(16)17(2)28)33(30,31)26-14-18-5-7-19(8-6-18)24(29)25-15-21-4-3-11-32-21/h9-10,13,16,18-19,21,26H,3-8,11-12,14-15H2,1-2H3,(H,25,29)/t16-,18?,19?,21-/m1/s1. The molecule has 2 aliphatic heterocycles. The molecule has 33 heavy (non-hydrogen) atoms. The van der Waals surface area contributed by atoms with Gasteiger partial charge in [-0.1, -0.05) is 0 Å². The average Bonchev–Trinajstić information content (AvgIpc) is 3.42. The summed E-state index contributed by atoms with van der Waals surface area (Å²) in [5, 5.41) is 3.02. The second-order valence-corrected chi connectivity index (χ2v) is 11.4. The number of ether oxygens (including phenoxy) is 1. The number of rotatable bonds is 7. The Morgan fingerprint density at radius 1 is 1.12 bits per heavy atom. The quantitative estimate of drug-likeness (QED) is 0.627. The van der Waals surface area contributed by atoms with Gasteiger partial charge in [-0.15, -0.1) is 0 Å². The molecular weight excluding hydrogens is 442 g/mol. The van der Waals surface area contributed by atoms with E-state index in [2.05, 4.69) is 10.0 Å². The van der Waals surface area contributed by atoms with Crippen LogP contribution in [0.5, 0.6) is 0 Å². The number of anilines is 1. The van der Waals surface area contributed by atoms with E-state index in [0.717, 1.165) is 56.4 Å². The summed E-state index contributed by atoms with van der Waals surface area (Å²) in [4.78, 5) is 26.3. The first kappa shape index (κ1) is 24.2. The normalized spacial score (nSPS) is 27.4. The fourth-order valence-corrected chi connectivity index (χ4v) is 6.52. The van der Waals surface area contributed by atoms with E-state index in [1.807, 2.05) is 6.92 Å². The van der Waals surface area contributed by atoms with Crippen LogP contribution in [0.4, 0.5) is 5.69 Å². The van der Waals surface area contributed by atoms with Gasteiger partial charge in [0, 0.05) is 44.3 Å². The van der Waals surface area contributed by atoms with Gasteiger partial charge < -0.3 is 15.0 Å². The van der Waals surface area contributed by atoms with Crippen LogP contribution < -0.4 is 14.9 Å². The van der Waals surface area contributed by atoms with Crippen molar-refractivity contribution in [2.24, 2.45) is 11.8 Å². The predicted molar refractivity (Wildman–Crippen MR) is 125 cm³/mol. The Kier molecular flexibility index (Phi) is 7.40. The van der Waals surface area contributed by atoms with Gasteiger partial charge in [0.1, 0.15) is 0 Å². The summed E-state index contributed by atoms with van der Waals surface area (Å²) in [6.07, 6.45) is 6.08. The zero-order valence-electron chi connectivity index (χ0n) is 19.5. The Labute approximate surface area is 196 Å². The number of carbonyl (C=O) groups is 2. The summed E-state index contributed by atoms with van der Waals surface area (Å²) < 4.78 is 34.1. The number of benzene rings is 1. The van der Waals surface area contributed by atoms with Crippen molar-refractivity contribution in [2.75, 3.05) is 24.6 Å². The van der Waals surface area contributed by atoms with Crippen LogP contribution in [0.1, 0.15) is 57.9 Å². The first-order chi connectivity index (χ1) is 15.7. The fourth-order valence-electron chi connectivity index (χ4n) is 5.36. The number of nitrogens with zero attached hydrogens (tertiary/aromatic N) is 1. The zero-order valence-corrected chi connectivity index (χ0v) is 20.3. The Morgan fingerprint density at radius 2 is 1.88 bits per heavy atom. The van der Waals surface area contributed by atoms with Gasteiger partial charge in [-0.05, 0) is 81.5 Å². The van der Waals surface area contributed by atoms with Crippen LogP contribution in [0.25, 0.3) is 0 Å². The highest BCUT2D eigenvalue weighted by molar-refractivity contribution is 7.89. The molecule has 182 valence electrons. The molecule has 0 spiro atoms. The monoisotopic (exact) mass is 477 g/mol. The molecule has 0 radical (unpaired) electrons. The lowest BCUT2D eigenvalue weighted by atomic mass is 9.81. The molecule has 1 saturated carbocycles. The third-order valence-corrected chi connectivity index (χ3v) is 8.64. The van der Waals surface area contributed by atoms with Gasteiger partial charge >= 0.3 is 0 Å². The number of hydrogen-bond donors (Lipinski definition) is 2. The van der Waals surface area contributed by atoms with Gasteiger partial charge in [0.2, 0.25) is 21.8 Å². The number of fused-ring (bicyclic) bond motifs is 1. The van der Waals surface area contributed by atoms with Crippen LogP contribution in [-0.2, 0) is 30.8 Å². The number of carbonyl (C=O) groups excluding carboxylic acids is 2. The first-order valence-corrected chi connectivity index (χ1v) is 13.5. The number of nitrogens with one attached hydrogen (secondary N) is 2. The van der Waals surface area contributed by atoms with Gasteiger partial charge in [-0.2, -0.15) is 0 Å². The molecule has 2 fully saturated rings. The molecule has 1 aromatic rings. The molecule has 2 N–H and O–H groups in total. The summed E-state index contributed by atoms with van der Waals surface area (Å²) in [6, 6.07) is 5.02. The van der Waals surface area contributed by atoms with Gasteiger partial charge in [-0.3, -0.25) is 9.59 Å². The molecule has 2 heterocycles. The molecule has 0 unspecified atom stereocenters. The Morgan fingerprint density at radius 3 is 2.55 bits per heavy atom. The predicted octanol–water partition coefficient (Wildman–Crippen LogP) is 2.36. The van der Waals surface area contributed by atoms with E-state index in [1.165, 1.54) is 6.92 Å². The highest BCUT2D eigenvalue weighted by Crippen LogP contribution is 2.34. The van der Waals surface area contributed by atoms with Crippen molar-refractivity contribution in [1.29, 1.82) is 0 Å². The van der Waals surface area contributed by atoms with Crippen LogP contribution in [-0.4, -0.2) is 52.1 Å². The van der Waals surface area contributed by atoms with Crippen LogP contribution in [0.15, 0.2) is 23.1 Å². The lowest BCUT2D eigenvalue weighted by molar-refractivity contribution is -0.126. The molecule has 8 nitrogen and oxygen atoms in total. The second-order valence-electron chi connectivity index (χ2n) is 9.68. The number of sulfonamides is 1. The van der Waals surface area contributed by atoms with Crippen LogP contribution in [0.3, 0.4) is 0 Å². The average molecular weight is 478 g/mol. The van der Waals surface area contributed by atoms with Crippen molar-refractivity contribution in [1.82, 2.24) is 10.0 Å². The molecular formula is C24H35N3O5S. The molecule has 9 heteroatoms. The van der Waals surface area contributed by atoms with Crippen molar-refractivity contribution in [3.63, 3.8) is 0 Å². The summed E-state index contributed by atoms with van der Waals surface area (Å²) in [5.74, 6) is 0.287. The van der Waals surface area contributed by atoms with Crippen molar-refractivity contribution in [3.05, 3.63) is 23.8 Å². The van der Waals surface area contributed by atoms with Crippen LogP contribution >= 0.6 is 0 Å². The lowest BCUT2D eigenvalue weighted by Crippen LogP contribution is -2.38. The van der Waals surface area contributed by atoms with Gasteiger partial charge in [0.15, 0.2) is 0 Å². The molecule has 1 saturated heterocycles. The van der Waals surface area contributed by atoms with Crippen LogP contribution in [0.2, 0.25) is 0 Å². The third-order valence-electron chi connectivity index (χ3n) is 7.22. The zero-order chi connectivity index (χ0) is 23.6. The Hall–Kier alpha value is -1.97. The van der Waals surface area contributed by atoms with E-state index in [4.69, 9.17) is 4.74 Å². The SMILES string of the molecule is CC(=O)N1c2ccc(S(=O)(=O)NCC3CCC(C(=O)NC[C@H]4CCCO4)CC3)cc2C[C@H]1C. The van der Waals surface area contributed by atoms with Crippen molar-refractivity contribution in [3.8, 4) is 0 Å². The van der Waals surface area contributed by atoms with E-state index >= 15 is 0 Å². The Bertz CT molecular complexity index is 982. The van der Waals surface area contributed by atoms with Crippen molar-refractivity contribution in [2.45, 2.75) is 75.8 Å².